The Morgan fingerprint density at radius 1 is 1.38 bits per heavy atom. The molecule has 0 saturated carbocycles. The van der Waals surface area contributed by atoms with Crippen LogP contribution in [0.3, 0.4) is 0 Å². The Hall–Kier alpha value is -1.20. The van der Waals surface area contributed by atoms with Crippen LogP contribution >= 0.6 is 27.3 Å². The number of nitrogens with zero attached hydrogens (tertiary/aromatic N) is 1. The highest BCUT2D eigenvalue weighted by Crippen LogP contribution is 2.11. The van der Waals surface area contributed by atoms with Crippen LogP contribution in [0.4, 0.5) is 0 Å². The van der Waals surface area contributed by atoms with Crippen LogP contribution < -0.4 is 5.56 Å². The summed E-state index contributed by atoms with van der Waals surface area (Å²) in [6, 6.07) is 6.68. The lowest BCUT2D eigenvalue weighted by atomic mass is 10.3. The summed E-state index contributed by atoms with van der Waals surface area (Å²) in [5, 5.41) is 1.84. The molecule has 0 amide bonds. The number of hydrogen-bond acceptors (Lipinski definition) is 3. The Balaban J connectivity index is 2.25. The number of rotatable bonds is 3. The first-order chi connectivity index (χ1) is 7.66. The number of pyridine rings is 1. The Morgan fingerprint density at radius 2 is 2.19 bits per heavy atom. The highest BCUT2D eigenvalue weighted by Gasteiger charge is 2.08. The van der Waals surface area contributed by atoms with Crippen molar-refractivity contribution in [1.29, 1.82) is 0 Å². The molecule has 0 spiro atoms. The van der Waals surface area contributed by atoms with Gasteiger partial charge in [0, 0.05) is 16.7 Å². The van der Waals surface area contributed by atoms with Gasteiger partial charge in [-0.3, -0.25) is 9.59 Å². The molecule has 3 nitrogen and oxygen atoms in total. The van der Waals surface area contributed by atoms with Crippen LogP contribution in [0.25, 0.3) is 0 Å². The van der Waals surface area contributed by atoms with Gasteiger partial charge in [0.1, 0.15) is 0 Å². The van der Waals surface area contributed by atoms with E-state index in [2.05, 4.69) is 15.9 Å². The fraction of sp³-hybridized carbons (Fsp3) is 0.0909. The van der Waals surface area contributed by atoms with Gasteiger partial charge in [0.15, 0.2) is 5.78 Å². The van der Waals surface area contributed by atoms with Crippen LogP contribution in [0, 0.1) is 0 Å². The van der Waals surface area contributed by atoms with Crippen LogP contribution in [0.5, 0.6) is 0 Å². The molecule has 0 bridgehead atoms. The molecule has 0 unspecified atom stereocenters. The lowest BCUT2D eigenvalue weighted by Gasteiger charge is -2.03. The van der Waals surface area contributed by atoms with Gasteiger partial charge in [0.25, 0.3) is 5.56 Å². The molecule has 2 aromatic rings. The zero-order valence-electron chi connectivity index (χ0n) is 8.22. The number of halogens is 1. The van der Waals surface area contributed by atoms with Gasteiger partial charge in [-0.25, -0.2) is 0 Å². The molecule has 0 aromatic carbocycles. The molecule has 16 heavy (non-hydrogen) atoms. The maximum atomic E-state index is 11.8. The molecule has 0 radical (unpaired) electrons. The van der Waals surface area contributed by atoms with Crippen LogP contribution in [0.1, 0.15) is 9.67 Å². The van der Waals surface area contributed by atoms with E-state index >= 15 is 0 Å². The van der Waals surface area contributed by atoms with Gasteiger partial charge in [0.2, 0.25) is 0 Å². The van der Waals surface area contributed by atoms with Crippen molar-refractivity contribution >= 4 is 33.0 Å². The van der Waals surface area contributed by atoms with E-state index in [1.165, 1.54) is 22.0 Å². The van der Waals surface area contributed by atoms with Crippen LogP contribution in [0.15, 0.2) is 45.1 Å². The molecule has 82 valence electrons. The first-order valence-corrected chi connectivity index (χ1v) is 6.27. The van der Waals surface area contributed by atoms with E-state index < -0.39 is 0 Å². The minimum absolute atomic E-state index is 0.0461. The molecule has 0 atom stereocenters. The average Bonchev–Trinajstić information content (AvgIpc) is 2.76. The first kappa shape index (κ1) is 11.3. The maximum absolute atomic E-state index is 11.8. The normalized spacial score (nSPS) is 10.3. The SMILES string of the molecule is O=C(Cn1cc(Br)ccc1=O)c1cccs1. The Morgan fingerprint density at radius 3 is 2.88 bits per heavy atom. The number of carbonyl (C=O) groups excluding carboxylic acids is 1. The van der Waals surface area contributed by atoms with Crippen molar-refractivity contribution in [2.45, 2.75) is 6.54 Å². The molecule has 5 heteroatoms. The molecule has 0 fully saturated rings. The Bertz CT molecular complexity index is 560. The average molecular weight is 298 g/mol. The van der Waals surface area contributed by atoms with Gasteiger partial charge >= 0.3 is 0 Å². The van der Waals surface area contributed by atoms with E-state index in [9.17, 15) is 9.59 Å². The van der Waals surface area contributed by atoms with Crippen molar-refractivity contribution in [3.8, 4) is 0 Å². The lowest BCUT2D eigenvalue weighted by molar-refractivity contribution is 0.0975. The summed E-state index contributed by atoms with van der Waals surface area (Å²) in [5.74, 6) is -0.0461. The number of aromatic nitrogens is 1. The summed E-state index contributed by atoms with van der Waals surface area (Å²) in [7, 11) is 0. The molecule has 0 N–H and O–H groups in total. The smallest absolute Gasteiger partial charge is 0.251 e. The summed E-state index contributed by atoms with van der Waals surface area (Å²) in [4.78, 5) is 23.9. The predicted molar refractivity (Wildman–Crippen MR) is 67.1 cm³/mol. The van der Waals surface area contributed by atoms with Gasteiger partial charge in [-0.05, 0) is 33.4 Å². The summed E-state index contributed by atoms with van der Waals surface area (Å²) < 4.78 is 2.18. The standard InChI is InChI=1S/C11H8BrNO2S/c12-8-3-4-11(15)13(6-8)7-9(14)10-2-1-5-16-10/h1-6H,7H2. The summed E-state index contributed by atoms with van der Waals surface area (Å²) >= 11 is 4.65. The number of ketones is 1. The summed E-state index contributed by atoms with van der Waals surface area (Å²) in [6.07, 6.45) is 1.62. The van der Waals surface area contributed by atoms with Gasteiger partial charge in [0.05, 0.1) is 11.4 Å². The van der Waals surface area contributed by atoms with Crippen molar-refractivity contribution in [2.24, 2.45) is 0 Å². The molecular weight excluding hydrogens is 290 g/mol. The Kier molecular flexibility index (Phi) is 3.36. The third-order valence-corrected chi connectivity index (χ3v) is 3.44. The van der Waals surface area contributed by atoms with Gasteiger partial charge in [-0.15, -0.1) is 11.3 Å². The molecule has 0 aliphatic rings. The predicted octanol–water partition coefficient (Wildman–Crippen LogP) is 2.56. The van der Waals surface area contributed by atoms with Crippen molar-refractivity contribution in [1.82, 2.24) is 4.57 Å². The van der Waals surface area contributed by atoms with E-state index in [1.807, 2.05) is 11.4 Å². The molecule has 2 rings (SSSR count). The van der Waals surface area contributed by atoms with E-state index in [1.54, 1.807) is 18.3 Å². The number of Topliss-reactive ketones (excluding diaryl/α,β-unsaturated/α-hetero) is 1. The number of thiophene rings is 1. The van der Waals surface area contributed by atoms with E-state index in [4.69, 9.17) is 0 Å². The first-order valence-electron chi connectivity index (χ1n) is 4.59. The third-order valence-electron chi connectivity index (χ3n) is 2.06. The van der Waals surface area contributed by atoms with E-state index in [0.717, 1.165) is 4.47 Å². The summed E-state index contributed by atoms with van der Waals surface area (Å²) in [6.45, 7) is 0.0821. The molecule has 2 aromatic heterocycles. The van der Waals surface area contributed by atoms with Crippen LogP contribution in [-0.4, -0.2) is 10.4 Å². The van der Waals surface area contributed by atoms with Gasteiger partial charge in [-0.1, -0.05) is 6.07 Å². The molecular formula is C11H8BrNO2S. The topological polar surface area (TPSA) is 39.1 Å². The van der Waals surface area contributed by atoms with E-state index in [-0.39, 0.29) is 17.9 Å². The largest absolute Gasteiger partial charge is 0.307 e. The monoisotopic (exact) mass is 297 g/mol. The van der Waals surface area contributed by atoms with E-state index in [0.29, 0.717) is 4.88 Å². The zero-order valence-corrected chi connectivity index (χ0v) is 10.6. The minimum atomic E-state index is -0.173. The molecule has 2 heterocycles. The van der Waals surface area contributed by atoms with Crippen molar-refractivity contribution in [2.75, 3.05) is 0 Å². The molecule has 0 saturated heterocycles. The highest BCUT2D eigenvalue weighted by molar-refractivity contribution is 9.10. The van der Waals surface area contributed by atoms with Crippen LogP contribution in [-0.2, 0) is 6.54 Å². The second-order valence-electron chi connectivity index (χ2n) is 3.21. The van der Waals surface area contributed by atoms with Gasteiger partial charge < -0.3 is 4.57 Å². The Labute approximate surface area is 104 Å². The van der Waals surface area contributed by atoms with Crippen LogP contribution in [0.2, 0.25) is 0 Å². The fourth-order valence-electron chi connectivity index (χ4n) is 1.30. The maximum Gasteiger partial charge on any atom is 0.251 e. The molecule has 0 aliphatic heterocycles. The minimum Gasteiger partial charge on any atom is -0.307 e. The third kappa shape index (κ3) is 2.48. The highest BCUT2D eigenvalue weighted by atomic mass is 79.9. The zero-order chi connectivity index (χ0) is 11.5. The fourth-order valence-corrected chi connectivity index (χ4v) is 2.33. The van der Waals surface area contributed by atoms with Crippen molar-refractivity contribution in [3.05, 3.63) is 55.5 Å². The number of hydrogen-bond donors (Lipinski definition) is 0. The molecule has 0 aliphatic carbocycles. The second kappa shape index (κ2) is 4.76. The lowest BCUT2D eigenvalue weighted by Crippen LogP contribution is -2.22. The quantitative estimate of drug-likeness (QED) is 0.817. The van der Waals surface area contributed by atoms with Gasteiger partial charge in [-0.2, -0.15) is 0 Å². The second-order valence-corrected chi connectivity index (χ2v) is 5.08. The van der Waals surface area contributed by atoms with Crippen molar-refractivity contribution in [3.63, 3.8) is 0 Å². The van der Waals surface area contributed by atoms with Crippen molar-refractivity contribution < 1.29 is 4.79 Å². The number of carbonyl (C=O) groups is 1. The summed E-state index contributed by atoms with van der Waals surface area (Å²) in [5.41, 5.74) is -0.173.